The third kappa shape index (κ3) is 3.74. The summed E-state index contributed by atoms with van der Waals surface area (Å²) in [5, 5.41) is 0. The van der Waals surface area contributed by atoms with Gasteiger partial charge in [0.05, 0.1) is 0 Å². The van der Waals surface area contributed by atoms with Crippen LogP contribution in [0.5, 0.6) is 0 Å². The first-order chi connectivity index (χ1) is 9.11. The monoisotopic (exact) mass is 296 g/mol. The van der Waals surface area contributed by atoms with Gasteiger partial charge in [-0.2, -0.15) is 0 Å². The molecule has 1 aliphatic carbocycles. The number of amides is 1. The third-order valence-corrected chi connectivity index (χ3v) is 4.20. The number of nitrogens with zero attached hydrogens (tertiary/aromatic N) is 2. The largest absolute Gasteiger partial charge is 0.337 e. The van der Waals surface area contributed by atoms with Crippen LogP contribution in [0.3, 0.4) is 0 Å². The van der Waals surface area contributed by atoms with E-state index >= 15 is 0 Å². The van der Waals surface area contributed by atoms with E-state index in [1.807, 2.05) is 42.3 Å². The van der Waals surface area contributed by atoms with Crippen molar-refractivity contribution in [3.63, 3.8) is 0 Å². The molecule has 1 saturated carbocycles. The number of likely N-dealkylation sites (N-methyl/N-ethyl adjacent to an activating group) is 2. The summed E-state index contributed by atoms with van der Waals surface area (Å²) in [5.74, 6) is 0.138. The summed E-state index contributed by atoms with van der Waals surface area (Å²) in [6.45, 7) is 0. The molecule has 1 aromatic rings. The molecule has 2 atom stereocenters. The average Bonchev–Trinajstić information content (AvgIpc) is 2.46. The summed E-state index contributed by atoms with van der Waals surface area (Å²) < 4.78 is 0. The average molecular weight is 297 g/mol. The Morgan fingerprint density at radius 2 is 1.55 bits per heavy atom. The highest BCUT2D eigenvalue weighted by atomic mass is 35.5. The maximum atomic E-state index is 12.5. The molecule has 1 fully saturated rings. The summed E-state index contributed by atoms with van der Waals surface area (Å²) >= 11 is 0. The molecule has 0 unspecified atom stereocenters. The van der Waals surface area contributed by atoms with Crippen molar-refractivity contribution in [3.05, 3.63) is 35.9 Å². The summed E-state index contributed by atoms with van der Waals surface area (Å²) in [6, 6.07) is 10.4. The van der Waals surface area contributed by atoms with Gasteiger partial charge in [-0.3, -0.25) is 4.79 Å². The number of halogens is 1. The van der Waals surface area contributed by atoms with Crippen molar-refractivity contribution in [2.45, 2.75) is 37.8 Å². The highest BCUT2D eigenvalue weighted by Crippen LogP contribution is 2.26. The second-order valence-corrected chi connectivity index (χ2v) is 5.66. The fourth-order valence-electron chi connectivity index (χ4n) is 3.08. The van der Waals surface area contributed by atoms with Crippen LogP contribution in [-0.4, -0.2) is 48.9 Å². The van der Waals surface area contributed by atoms with E-state index in [9.17, 15) is 4.79 Å². The van der Waals surface area contributed by atoms with Gasteiger partial charge in [-0.25, -0.2) is 0 Å². The highest BCUT2D eigenvalue weighted by molar-refractivity contribution is 5.94. The van der Waals surface area contributed by atoms with Gasteiger partial charge < -0.3 is 9.80 Å². The van der Waals surface area contributed by atoms with Gasteiger partial charge in [0.25, 0.3) is 5.91 Å². The van der Waals surface area contributed by atoms with Gasteiger partial charge in [0.15, 0.2) is 0 Å². The molecule has 1 amide bonds. The molecule has 1 aromatic carbocycles. The van der Waals surface area contributed by atoms with Crippen molar-refractivity contribution in [1.29, 1.82) is 0 Å². The molecule has 112 valence electrons. The molecule has 0 spiro atoms. The van der Waals surface area contributed by atoms with Crippen LogP contribution < -0.4 is 0 Å². The van der Waals surface area contributed by atoms with Gasteiger partial charge in [-0.1, -0.05) is 31.0 Å². The van der Waals surface area contributed by atoms with Crippen molar-refractivity contribution < 1.29 is 4.79 Å². The summed E-state index contributed by atoms with van der Waals surface area (Å²) in [5.41, 5.74) is 0.785. The molecule has 1 aliphatic rings. The SMILES string of the molecule is CN(C)[C@@H]1CCCC[C@H]1N(C)C(=O)c1ccccc1.Cl. The van der Waals surface area contributed by atoms with Crippen LogP contribution in [0.1, 0.15) is 36.0 Å². The molecular weight excluding hydrogens is 272 g/mol. The van der Waals surface area contributed by atoms with Gasteiger partial charge in [0.1, 0.15) is 0 Å². The summed E-state index contributed by atoms with van der Waals surface area (Å²) in [6.07, 6.45) is 4.79. The van der Waals surface area contributed by atoms with Crippen LogP contribution in [0.15, 0.2) is 30.3 Å². The van der Waals surface area contributed by atoms with Gasteiger partial charge in [0, 0.05) is 24.7 Å². The molecule has 2 rings (SSSR count). The lowest BCUT2D eigenvalue weighted by molar-refractivity contribution is 0.0544. The molecule has 0 saturated heterocycles. The van der Waals surface area contributed by atoms with Crippen molar-refractivity contribution >= 4 is 18.3 Å². The Kier molecular flexibility index (Phi) is 6.50. The number of carbonyl (C=O) groups excluding carboxylic acids is 1. The van der Waals surface area contributed by atoms with E-state index in [-0.39, 0.29) is 18.3 Å². The predicted molar refractivity (Wildman–Crippen MR) is 85.5 cm³/mol. The number of hydrogen-bond donors (Lipinski definition) is 0. The fraction of sp³-hybridized carbons (Fsp3) is 0.562. The Balaban J connectivity index is 0.00000200. The number of carbonyl (C=O) groups is 1. The van der Waals surface area contributed by atoms with E-state index in [1.54, 1.807) is 0 Å². The molecular formula is C16H25ClN2O. The zero-order valence-electron chi connectivity index (χ0n) is 12.6. The van der Waals surface area contributed by atoms with Crippen LogP contribution in [-0.2, 0) is 0 Å². The van der Waals surface area contributed by atoms with E-state index in [1.165, 1.54) is 19.3 Å². The van der Waals surface area contributed by atoms with E-state index < -0.39 is 0 Å². The first-order valence-electron chi connectivity index (χ1n) is 7.10. The van der Waals surface area contributed by atoms with Crippen LogP contribution >= 0.6 is 12.4 Å². The Morgan fingerprint density at radius 3 is 2.10 bits per heavy atom. The zero-order valence-corrected chi connectivity index (χ0v) is 13.4. The molecule has 20 heavy (non-hydrogen) atoms. The quantitative estimate of drug-likeness (QED) is 0.856. The maximum Gasteiger partial charge on any atom is 0.253 e. The molecule has 0 N–H and O–H groups in total. The second-order valence-electron chi connectivity index (χ2n) is 5.66. The normalized spacial score (nSPS) is 22.2. The van der Waals surface area contributed by atoms with Crippen LogP contribution in [0.4, 0.5) is 0 Å². The summed E-state index contributed by atoms with van der Waals surface area (Å²) in [4.78, 5) is 16.7. The van der Waals surface area contributed by atoms with Gasteiger partial charge >= 0.3 is 0 Å². The highest BCUT2D eigenvalue weighted by Gasteiger charge is 2.32. The molecule has 0 bridgehead atoms. The molecule has 0 aromatic heterocycles. The van der Waals surface area contributed by atoms with E-state index in [4.69, 9.17) is 0 Å². The summed E-state index contributed by atoms with van der Waals surface area (Å²) in [7, 11) is 6.18. The van der Waals surface area contributed by atoms with Gasteiger partial charge in [0.2, 0.25) is 0 Å². The zero-order chi connectivity index (χ0) is 13.8. The Bertz CT molecular complexity index is 422. The van der Waals surface area contributed by atoms with Crippen LogP contribution in [0.25, 0.3) is 0 Å². The van der Waals surface area contributed by atoms with Crippen LogP contribution in [0.2, 0.25) is 0 Å². The van der Waals surface area contributed by atoms with E-state index in [0.29, 0.717) is 12.1 Å². The molecule has 0 radical (unpaired) electrons. The topological polar surface area (TPSA) is 23.6 Å². The number of hydrogen-bond acceptors (Lipinski definition) is 2. The van der Waals surface area contributed by atoms with Gasteiger partial charge in [-0.15, -0.1) is 12.4 Å². The van der Waals surface area contributed by atoms with Crippen molar-refractivity contribution in [2.75, 3.05) is 21.1 Å². The predicted octanol–water partition coefficient (Wildman–Crippen LogP) is 3.05. The lowest BCUT2D eigenvalue weighted by Crippen LogP contribution is -2.51. The number of rotatable bonds is 3. The Hall–Kier alpha value is -1.06. The molecule has 0 aliphatic heterocycles. The lowest BCUT2D eigenvalue weighted by atomic mass is 9.88. The molecule has 0 heterocycles. The third-order valence-electron chi connectivity index (χ3n) is 4.20. The Morgan fingerprint density at radius 1 is 1.00 bits per heavy atom. The van der Waals surface area contributed by atoms with E-state index in [2.05, 4.69) is 19.0 Å². The first kappa shape index (κ1) is 17.0. The van der Waals surface area contributed by atoms with E-state index in [0.717, 1.165) is 12.0 Å². The van der Waals surface area contributed by atoms with Crippen molar-refractivity contribution in [1.82, 2.24) is 9.80 Å². The first-order valence-corrected chi connectivity index (χ1v) is 7.10. The second kappa shape index (κ2) is 7.65. The van der Waals surface area contributed by atoms with Crippen molar-refractivity contribution in [3.8, 4) is 0 Å². The standard InChI is InChI=1S/C16H24N2O.ClH/c1-17(2)14-11-7-8-12-15(14)18(3)16(19)13-9-5-4-6-10-13;/h4-6,9-10,14-15H,7-8,11-12H2,1-3H3;1H/t14-,15-;/m1./s1. The minimum absolute atomic E-state index is 0. The Labute approximate surface area is 128 Å². The molecule has 4 heteroatoms. The van der Waals surface area contributed by atoms with Gasteiger partial charge in [-0.05, 0) is 39.1 Å². The van der Waals surface area contributed by atoms with Crippen LogP contribution in [0, 0.1) is 0 Å². The minimum Gasteiger partial charge on any atom is -0.337 e. The number of benzene rings is 1. The maximum absolute atomic E-state index is 12.5. The smallest absolute Gasteiger partial charge is 0.253 e. The molecule has 3 nitrogen and oxygen atoms in total. The fourth-order valence-corrected chi connectivity index (χ4v) is 3.08. The lowest BCUT2D eigenvalue weighted by Gasteiger charge is -2.41. The van der Waals surface area contributed by atoms with Crippen molar-refractivity contribution in [2.24, 2.45) is 0 Å². The minimum atomic E-state index is 0.